The van der Waals surface area contributed by atoms with Crippen LogP contribution in [0.4, 0.5) is 5.69 Å². The standard InChI is InChI=1S/C14H22BrN3O3/c1-3-4-6-18-13(19)12(15)11(8-17-18)16-9-14(20-2)5-7-21-10-14/h8,16H,3-7,9-10H2,1-2H3. The number of aryl methyl sites for hydroxylation is 1. The van der Waals surface area contributed by atoms with Gasteiger partial charge in [0, 0.05) is 33.2 Å². The zero-order valence-electron chi connectivity index (χ0n) is 12.5. The fourth-order valence-corrected chi connectivity index (χ4v) is 2.72. The predicted molar refractivity (Wildman–Crippen MR) is 84.8 cm³/mol. The molecule has 1 aromatic rings. The second kappa shape index (κ2) is 7.38. The van der Waals surface area contributed by atoms with E-state index in [1.807, 2.05) is 0 Å². The van der Waals surface area contributed by atoms with Crippen LogP contribution < -0.4 is 10.9 Å². The van der Waals surface area contributed by atoms with E-state index < -0.39 is 0 Å². The molecule has 0 spiro atoms. The van der Waals surface area contributed by atoms with Gasteiger partial charge in [0.2, 0.25) is 0 Å². The average Bonchev–Trinajstić information content (AvgIpc) is 2.97. The molecule has 0 amide bonds. The summed E-state index contributed by atoms with van der Waals surface area (Å²) in [5, 5.41) is 7.45. The van der Waals surface area contributed by atoms with Crippen LogP contribution in [0, 0.1) is 0 Å². The van der Waals surface area contributed by atoms with Crippen molar-refractivity contribution in [3.05, 3.63) is 21.0 Å². The lowest BCUT2D eigenvalue weighted by Crippen LogP contribution is -2.40. The number of unbranched alkanes of at least 4 members (excludes halogenated alkanes) is 1. The zero-order valence-corrected chi connectivity index (χ0v) is 14.1. The maximum Gasteiger partial charge on any atom is 0.283 e. The molecular weight excluding hydrogens is 338 g/mol. The Morgan fingerprint density at radius 3 is 3.05 bits per heavy atom. The van der Waals surface area contributed by atoms with Gasteiger partial charge in [0.1, 0.15) is 10.1 Å². The molecule has 0 saturated carbocycles. The molecule has 2 heterocycles. The van der Waals surface area contributed by atoms with Crippen molar-refractivity contribution in [2.45, 2.75) is 38.3 Å². The molecule has 0 aliphatic carbocycles. The van der Waals surface area contributed by atoms with Crippen molar-refractivity contribution < 1.29 is 9.47 Å². The van der Waals surface area contributed by atoms with Crippen molar-refractivity contribution in [3.63, 3.8) is 0 Å². The molecule has 1 aliphatic rings. The van der Waals surface area contributed by atoms with Crippen molar-refractivity contribution in [2.75, 3.05) is 32.2 Å². The summed E-state index contributed by atoms with van der Waals surface area (Å²) in [5.41, 5.74) is 0.259. The molecule has 1 atom stereocenters. The zero-order chi connectivity index (χ0) is 15.3. The predicted octanol–water partition coefficient (Wildman–Crippen LogP) is 2.02. The van der Waals surface area contributed by atoms with Gasteiger partial charge in [-0.25, -0.2) is 4.68 Å². The number of ether oxygens (including phenoxy) is 2. The Labute approximate surface area is 132 Å². The third kappa shape index (κ3) is 3.84. The first-order valence-corrected chi connectivity index (χ1v) is 8.03. The lowest BCUT2D eigenvalue weighted by atomic mass is 10.0. The minimum Gasteiger partial charge on any atom is -0.380 e. The smallest absolute Gasteiger partial charge is 0.283 e. The molecule has 6 nitrogen and oxygen atoms in total. The summed E-state index contributed by atoms with van der Waals surface area (Å²) in [6, 6.07) is 0. The maximum atomic E-state index is 12.2. The number of nitrogens with one attached hydrogen (secondary N) is 1. The third-order valence-corrected chi connectivity index (χ3v) is 4.58. The van der Waals surface area contributed by atoms with Crippen molar-refractivity contribution in [1.29, 1.82) is 0 Å². The molecule has 0 aromatic carbocycles. The minimum absolute atomic E-state index is 0.109. The molecule has 1 aromatic heterocycles. The maximum absolute atomic E-state index is 12.2. The molecule has 118 valence electrons. The van der Waals surface area contributed by atoms with Gasteiger partial charge in [0.05, 0.1) is 18.5 Å². The molecule has 1 saturated heterocycles. The SMILES string of the molecule is CCCCn1ncc(NCC2(OC)CCOC2)c(Br)c1=O. The van der Waals surface area contributed by atoms with Gasteiger partial charge in [-0.2, -0.15) is 5.10 Å². The Hall–Kier alpha value is -0.920. The van der Waals surface area contributed by atoms with Gasteiger partial charge in [-0.3, -0.25) is 4.79 Å². The van der Waals surface area contributed by atoms with Crippen LogP contribution in [0.15, 0.2) is 15.5 Å². The number of halogens is 1. The van der Waals surface area contributed by atoms with E-state index >= 15 is 0 Å². The van der Waals surface area contributed by atoms with Gasteiger partial charge in [0.25, 0.3) is 5.56 Å². The Balaban J connectivity index is 2.07. The molecule has 1 fully saturated rings. The van der Waals surface area contributed by atoms with Gasteiger partial charge in [-0.05, 0) is 22.4 Å². The summed E-state index contributed by atoms with van der Waals surface area (Å²) in [7, 11) is 1.69. The number of hydrogen-bond donors (Lipinski definition) is 1. The monoisotopic (exact) mass is 359 g/mol. The Kier molecular flexibility index (Phi) is 5.78. The van der Waals surface area contributed by atoms with E-state index in [0.717, 1.165) is 19.3 Å². The first-order chi connectivity index (χ1) is 10.1. The minimum atomic E-state index is -0.323. The van der Waals surface area contributed by atoms with E-state index in [1.54, 1.807) is 13.3 Å². The van der Waals surface area contributed by atoms with Crippen molar-refractivity contribution in [3.8, 4) is 0 Å². The van der Waals surface area contributed by atoms with E-state index in [9.17, 15) is 4.79 Å². The quantitative estimate of drug-likeness (QED) is 0.806. The molecule has 7 heteroatoms. The van der Waals surface area contributed by atoms with Crippen LogP contribution in [0.2, 0.25) is 0 Å². The van der Waals surface area contributed by atoms with E-state index in [2.05, 4.69) is 33.3 Å². The van der Waals surface area contributed by atoms with Crippen LogP contribution >= 0.6 is 15.9 Å². The fraction of sp³-hybridized carbons (Fsp3) is 0.714. The number of hydrogen-bond acceptors (Lipinski definition) is 5. The van der Waals surface area contributed by atoms with Gasteiger partial charge in [-0.1, -0.05) is 13.3 Å². The Morgan fingerprint density at radius 1 is 1.62 bits per heavy atom. The summed E-state index contributed by atoms with van der Waals surface area (Å²) in [6.45, 7) is 4.58. The van der Waals surface area contributed by atoms with Crippen LogP contribution in [0.5, 0.6) is 0 Å². The first-order valence-electron chi connectivity index (χ1n) is 7.24. The molecular formula is C14H22BrN3O3. The topological polar surface area (TPSA) is 65.4 Å². The number of rotatable bonds is 7. The number of methoxy groups -OCH3 is 1. The summed E-state index contributed by atoms with van der Waals surface area (Å²) in [4.78, 5) is 12.2. The van der Waals surface area contributed by atoms with Crippen molar-refractivity contribution >= 4 is 21.6 Å². The fourth-order valence-electron chi connectivity index (χ4n) is 2.27. The highest BCUT2D eigenvalue weighted by Gasteiger charge is 2.34. The summed E-state index contributed by atoms with van der Waals surface area (Å²) in [6.07, 6.45) is 4.49. The number of aromatic nitrogens is 2. The Bertz CT molecular complexity index is 527. The number of nitrogens with zero attached hydrogens (tertiary/aromatic N) is 2. The van der Waals surface area contributed by atoms with Crippen molar-refractivity contribution in [1.82, 2.24) is 9.78 Å². The Morgan fingerprint density at radius 2 is 2.43 bits per heavy atom. The normalized spacial score (nSPS) is 21.7. The highest BCUT2D eigenvalue weighted by molar-refractivity contribution is 9.10. The summed E-state index contributed by atoms with van der Waals surface area (Å²) < 4.78 is 13.0. The second-order valence-corrected chi connectivity index (χ2v) is 6.09. The third-order valence-electron chi connectivity index (χ3n) is 3.81. The largest absolute Gasteiger partial charge is 0.380 e. The van der Waals surface area contributed by atoms with Crippen LogP contribution in [0.1, 0.15) is 26.2 Å². The van der Waals surface area contributed by atoms with E-state index in [1.165, 1.54) is 4.68 Å². The van der Waals surface area contributed by atoms with Gasteiger partial charge in [0.15, 0.2) is 0 Å². The molecule has 0 bridgehead atoms. The lowest BCUT2D eigenvalue weighted by molar-refractivity contribution is -0.00621. The lowest BCUT2D eigenvalue weighted by Gasteiger charge is -2.26. The van der Waals surface area contributed by atoms with E-state index in [-0.39, 0.29) is 11.2 Å². The molecule has 0 radical (unpaired) electrons. The van der Waals surface area contributed by atoms with Crippen LogP contribution in [0.25, 0.3) is 0 Å². The van der Waals surface area contributed by atoms with Gasteiger partial charge in [-0.15, -0.1) is 0 Å². The van der Waals surface area contributed by atoms with Crippen LogP contribution in [-0.2, 0) is 16.0 Å². The van der Waals surface area contributed by atoms with E-state index in [0.29, 0.717) is 36.5 Å². The van der Waals surface area contributed by atoms with E-state index in [4.69, 9.17) is 9.47 Å². The first kappa shape index (κ1) is 16.5. The van der Waals surface area contributed by atoms with Crippen LogP contribution in [-0.4, -0.2) is 42.2 Å². The van der Waals surface area contributed by atoms with Gasteiger partial charge >= 0.3 is 0 Å². The molecule has 2 rings (SSSR count). The summed E-state index contributed by atoms with van der Waals surface area (Å²) >= 11 is 3.36. The summed E-state index contributed by atoms with van der Waals surface area (Å²) in [5.74, 6) is 0. The highest BCUT2D eigenvalue weighted by Crippen LogP contribution is 2.24. The van der Waals surface area contributed by atoms with Gasteiger partial charge < -0.3 is 14.8 Å². The highest BCUT2D eigenvalue weighted by atomic mass is 79.9. The van der Waals surface area contributed by atoms with Crippen LogP contribution in [0.3, 0.4) is 0 Å². The molecule has 1 aliphatic heterocycles. The molecule has 21 heavy (non-hydrogen) atoms. The molecule has 1 N–H and O–H groups in total. The molecule has 1 unspecified atom stereocenters. The number of anilines is 1. The van der Waals surface area contributed by atoms with Crippen molar-refractivity contribution in [2.24, 2.45) is 0 Å². The second-order valence-electron chi connectivity index (χ2n) is 5.30. The average molecular weight is 360 g/mol.